The van der Waals surface area contributed by atoms with E-state index in [1.165, 1.54) is 19.3 Å². The van der Waals surface area contributed by atoms with Gasteiger partial charge in [0.1, 0.15) is 12.0 Å². The fraction of sp³-hybridized carbons (Fsp3) is 0.444. The summed E-state index contributed by atoms with van der Waals surface area (Å²) in [5, 5.41) is 4.26. The minimum Gasteiger partial charge on any atom is -0.378 e. The van der Waals surface area contributed by atoms with Gasteiger partial charge in [0.25, 0.3) is 0 Å². The fourth-order valence-corrected chi connectivity index (χ4v) is 1.86. The summed E-state index contributed by atoms with van der Waals surface area (Å²) in [6.45, 7) is 5.61. The minimum atomic E-state index is -0.330. The fourth-order valence-electron chi connectivity index (χ4n) is 1.86. The van der Waals surface area contributed by atoms with Gasteiger partial charge >= 0.3 is 0 Å². The average Bonchev–Trinajstić information content (AvgIpc) is 2.46. The number of likely N-dealkylation sites (N-methyl/N-ethyl adjacent to an activating group) is 1. The van der Waals surface area contributed by atoms with Gasteiger partial charge in [0.15, 0.2) is 5.78 Å². The van der Waals surface area contributed by atoms with E-state index in [4.69, 9.17) is 4.84 Å². The summed E-state index contributed by atoms with van der Waals surface area (Å²) in [7, 11) is 8.00. The van der Waals surface area contributed by atoms with E-state index >= 15 is 0 Å². The second-order valence-electron chi connectivity index (χ2n) is 6.35. The van der Waals surface area contributed by atoms with Crippen molar-refractivity contribution in [3.8, 4) is 0 Å². The van der Waals surface area contributed by atoms with Gasteiger partial charge < -0.3 is 9.74 Å². The van der Waals surface area contributed by atoms with Crippen molar-refractivity contribution in [2.24, 2.45) is 5.16 Å². The normalized spacial score (nSPS) is 12.8. The third kappa shape index (κ3) is 5.21. The lowest BCUT2D eigenvalue weighted by Crippen LogP contribution is -2.46. The van der Waals surface area contributed by atoms with E-state index in [9.17, 15) is 4.79 Å². The lowest BCUT2D eigenvalue weighted by Gasteiger charge is -2.33. The summed E-state index contributed by atoms with van der Waals surface area (Å²) >= 11 is 0. The van der Waals surface area contributed by atoms with E-state index < -0.39 is 0 Å². The monoisotopic (exact) mass is 317 g/mol. The van der Waals surface area contributed by atoms with Crippen LogP contribution in [0.2, 0.25) is 0 Å². The molecule has 126 valence electrons. The van der Waals surface area contributed by atoms with Crippen LogP contribution in [0.15, 0.2) is 41.8 Å². The smallest absolute Gasteiger partial charge is 0.155 e. The Bertz CT molecular complexity index is 585. The number of allylic oxidation sites excluding steroid dienone is 1. The maximum Gasteiger partial charge on any atom is 0.155 e. The highest BCUT2D eigenvalue weighted by Crippen LogP contribution is 2.21. The molecule has 0 aromatic heterocycles. The topological polar surface area (TPSA) is 45.1 Å². The molecule has 0 fully saturated rings. The predicted octanol–water partition coefficient (Wildman–Crippen LogP) is 2.92. The molecule has 5 nitrogen and oxygen atoms in total. The molecule has 0 spiro atoms. The zero-order chi connectivity index (χ0) is 17.6. The van der Waals surface area contributed by atoms with Crippen molar-refractivity contribution < 1.29 is 9.63 Å². The number of carbonyl (C=O) groups is 1. The van der Waals surface area contributed by atoms with Crippen LogP contribution in [0, 0.1) is 0 Å². The first-order valence-electron chi connectivity index (χ1n) is 7.53. The largest absolute Gasteiger partial charge is 0.378 e. The first-order valence-corrected chi connectivity index (χ1v) is 7.53. The van der Waals surface area contributed by atoms with Crippen molar-refractivity contribution in [3.05, 3.63) is 42.2 Å². The summed E-state index contributed by atoms with van der Waals surface area (Å²) in [5.74, 6) is -0.0797. The zero-order valence-corrected chi connectivity index (χ0v) is 15.1. The van der Waals surface area contributed by atoms with E-state index in [2.05, 4.69) is 23.9 Å². The quantitative estimate of drug-likeness (QED) is 0.336. The van der Waals surface area contributed by atoms with Crippen LogP contribution in [-0.2, 0) is 9.63 Å². The van der Waals surface area contributed by atoms with Gasteiger partial charge in [0, 0.05) is 31.4 Å². The van der Waals surface area contributed by atoms with Crippen LogP contribution in [0.25, 0.3) is 0 Å². The van der Waals surface area contributed by atoms with E-state index in [0.717, 1.165) is 17.0 Å². The van der Waals surface area contributed by atoms with Crippen LogP contribution in [-0.4, -0.2) is 50.1 Å². The molecule has 0 aliphatic carbocycles. The molecule has 0 amide bonds. The molecule has 0 radical (unpaired) electrons. The first kappa shape index (κ1) is 18.9. The third-order valence-corrected chi connectivity index (χ3v) is 3.86. The molecule has 0 saturated heterocycles. The molecule has 0 saturated carbocycles. The molecule has 1 aromatic rings. The Morgan fingerprint density at radius 2 is 1.70 bits per heavy atom. The molecule has 0 aliphatic rings. The van der Waals surface area contributed by atoms with Gasteiger partial charge in [-0.2, -0.15) is 0 Å². The van der Waals surface area contributed by atoms with Crippen LogP contribution in [0.3, 0.4) is 0 Å². The molecule has 5 heteroatoms. The number of hydrogen-bond acceptors (Lipinski definition) is 5. The van der Waals surface area contributed by atoms with Crippen LogP contribution < -0.4 is 4.90 Å². The van der Waals surface area contributed by atoms with Gasteiger partial charge in [-0.15, -0.1) is 0 Å². The molecule has 23 heavy (non-hydrogen) atoms. The summed E-state index contributed by atoms with van der Waals surface area (Å²) in [4.78, 5) is 20.3. The molecule has 0 bridgehead atoms. The summed E-state index contributed by atoms with van der Waals surface area (Å²) in [6.07, 6.45) is 2.65. The third-order valence-electron chi connectivity index (χ3n) is 3.86. The lowest BCUT2D eigenvalue weighted by atomic mass is 9.91. The first-order chi connectivity index (χ1) is 10.7. The number of anilines is 1. The summed E-state index contributed by atoms with van der Waals surface area (Å²) in [5.41, 5.74) is 2.56. The Hall–Kier alpha value is -2.14. The maximum atomic E-state index is 10.9. The Kier molecular flexibility index (Phi) is 6.51. The zero-order valence-electron chi connectivity index (χ0n) is 15.1. The standard InChI is InChI=1S/C18H27N3O2/c1-14(22)12-13-23-19-17(18(2,3)21(6)7)15-8-10-16(11-9-15)20(4)5/h8-13H,1-7H3/b13-12-,19-17-. The van der Waals surface area contributed by atoms with Gasteiger partial charge in [-0.25, -0.2) is 0 Å². The molecule has 1 aromatic carbocycles. The number of hydrogen-bond donors (Lipinski definition) is 0. The Morgan fingerprint density at radius 1 is 1.13 bits per heavy atom. The summed E-state index contributed by atoms with van der Waals surface area (Å²) in [6, 6.07) is 8.14. The van der Waals surface area contributed by atoms with Gasteiger partial charge in [-0.05, 0) is 47.0 Å². The van der Waals surface area contributed by atoms with Crippen LogP contribution in [0.4, 0.5) is 5.69 Å². The van der Waals surface area contributed by atoms with Crippen molar-refractivity contribution in [2.75, 3.05) is 33.1 Å². The van der Waals surface area contributed by atoms with E-state index in [1.807, 2.05) is 57.4 Å². The summed E-state index contributed by atoms with van der Waals surface area (Å²) < 4.78 is 0. The average molecular weight is 317 g/mol. The lowest BCUT2D eigenvalue weighted by molar-refractivity contribution is -0.112. The minimum absolute atomic E-state index is 0.0797. The highest BCUT2D eigenvalue weighted by Gasteiger charge is 2.29. The number of oxime groups is 1. The highest BCUT2D eigenvalue weighted by atomic mass is 16.6. The second-order valence-corrected chi connectivity index (χ2v) is 6.35. The number of rotatable bonds is 7. The number of nitrogens with zero attached hydrogens (tertiary/aromatic N) is 3. The van der Waals surface area contributed by atoms with Gasteiger partial charge in [0.2, 0.25) is 0 Å². The molecule has 0 unspecified atom stereocenters. The van der Waals surface area contributed by atoms with Gasteiger partial charge in [0.05, 0.1) is 5.54 Å². The molecule has 0 atom stereocenters. The highest BCUT2D eigenvalue weighted by molar-refractivity contribution is 6.06. The SMILES string of the molecule is CC(=O)/C=C\O/N=C(/c1ccc(N(C)C)cc1)C(C)(C)N(C)C. The molecule has 0 N–H and O–H groups in total. The van der Waals surface area contributed by atoms with Crippen molar-refractivity contribution in [3.63, 3.8) is 0 Å². The van der Waals surface area contributed by atoms with Gasteiger partial charge in [-0.3, -0.25) is 9.69 Å². The molecular formula is C18H27N3O2. The number of carbonyl (C=O) groups excluding carboxylic acids is 1. The van der Waals surface area contributed by atoms with Crippen LogP contribution >= 0.6 is 0 Å². The van der Waals surface area contributed by atoms with Gasteiger partial charge in [-0.1, -0.05) is 17.3 Å². The number of ketones is 1. The van der Waals surface area contributed by atoms with E-state index in [1.54, 1.807) is 0 Å². The number of benzene rings is 1. The van der Waals surface area contributed by atoms with E-state index in [0.29, 0.717) is 0 Å². The molecule has 0 aliphatic heterocycles. The maximum absolute atomic E-state index is 10.9. The Labute approximate surface area is 139 Å². The predicted molar refractivity (Wildman–Crippen MR) is 96.0 cm³/mol. The van der Waals surface area contributed by atoms with Crippen molar-refractivity contribution in [2.45, 2.75) is 26.3 Å². The van der Waals surface area contributed by atoms with E-state index in [-0.39, 0.29) is 11.3 Å². The van der Waals surface area contributed by atoms with Crippen LogP contribution in [0.5, 0.6) is 0 Å². The van der Waals surface area contributed by atoms with Crippen LogP contribution in [0.1, 0.15) is 26.3 Å². The Morgan fingerprint density at radius 3 is 2.13 bits per heavy atom. The van der Waals surface area contributed by atoms with Crippen molar-refractivity contribution in [1.29, 1.82) is 0 Å². The molecule has 0 heterocycles. The Balaban J connectivity index is 3.18. The van der Waals surface area contributed by atoms with Crippen molar-refractivity contribution >= 4 is 17.2 Å². The molecule has 1 rings (SSSR count). The van der Waals surface area contributed by atoms with Crippen molar-refractivity contribution in [1.82, 2.24) is 4.90 Å². The molecular weight excluding hydrogens is 290 g/mol. The second kappa shape index (κ2) is 7.92.